The van der Waals surface area contributed by atoms with Crippen LogP contribution in [-0.2, 0) is 9.47 Å². The Bertz CT molecular complexity index is 899. The van der Waals surface area contributed by atoms with Gasteiger partial charge >= 0.3 is 0 Å². The van der Waals surface area contributed by atoms with Crippen LogP contribution in [0.3, 0.4) is 0 Å². The molecule has 1 aliphatic carbocycles. The number of allylic oxidation sites excluding steroid dienone is 2. The smallest absolute Gasteiger partial charge is 0.123 e. The van der Waals surface area contributed by atoms with Gasteiger partial charge in [0, 0.05) is 41.1 Å². The summed E-state index contributed by atoms with van der Waals surface area (Å²) in [6, 6.07) is 6.28. The van der Waals surface area contributed by atoms with E-state index < -0.39 is 0 Å². The van der Waals surface area contributed by atoms with Crippen LogP contribution in [0.4, 0.5) is 0 Å². The second-order valence-electron chi connectivity index (χ2n) is 14.6. The summed E-state index contributed by atoms with van der Waals surface area (Å²) >= 11 is 0. The molecule has 0 radical (unpaired) electrons. The van der Waals surface area contributed by atoms with Crippen LogP contribution >= 0.6 is 0 Å². The third kappa shape index (κ3) is 10.1. The number of piperidine rings is 2. The van der Waals surface area contributed by atoms with E-state index in [1.54, 1.807) is 0 Å². The van der Waals surface area contributed by atoms with Gasteiger partial charge in [-0.2, -0.15) is 0 Å². The number of nitrogens with one attached hydrogen (secondary N) is 2. The zero-order valence-corrected chi connectivity index (χ0v) is 25.9. The molecule has 39 heavy (non-hydrogen) atoms. The van der Waals surface area contributed by atoms with Gasteiger partial charge in [0.15, 0.2) is 0 Å². The average Bonchev–Trinajstić information content (AvgIpc) is 3.60. The van der Waals surface area contributed by atoms with E-state index in [0.717, 1.165) is 69.7 Å². The Morgan fingerprint density at radius 1 is 0.615 bits per heavy atom. The van der Waals surface area contributed by atoms with Crippen LogP contribution in [0.1, 0.15) is 106 Å². The van der Waals surface area contributed by atoms with Crippen LogP contribution in [0.5, 0.6) is 11.5 Å². The minimum Gasteiger partial charge on any atom is -0.493 e. The van der Waals surface area contributed by atoms with Crippen LogP contribution in [-0.4, -0.2) is 60.8 Å². The molecular formula is C33H54N2O4. The van der Waals surface area contributed by atoms with Gasteiger partial charge in [0.25, 0.3) is 0 Å². The number of benzene rings is 1. The van der Waals surface area contributed by atoms with Crippen LogP contribution in [0, 0.1) is 0 Å². The van der Waals surface area contributed by atoms with Crippen molar-refractivity contribution in [2.75, 3.05) is 26.4 Å². The summed E-state index contributed by atoms with van der Waals surface area (Å²) in [5.41, 5.74) is 2.97. The molecule has 6 heteroatoms. The molecular weight excluding hydrogens is 488 g/mol. The van der Waals surface area contributed by atoms with E-state index in [4.69, 9.17) is 18.9 Å². The van der Waals surface area contributed by atoms with E-state index in [1.165, 1.54) is 11.1 Å². The molecule has 0 saturated carbocycles. The summed E-state index contributed by atoms with van der Waals surface area (Å²) in [5.74, 6) is 1.74. The zero-order valence-electron chi connectivity index (χ0n) is 25.9. The lowest BCUT2D eigenvalue weighted by Gasteiger charge is -2.46. The highest BCUT2D eigenvalue weighted by molar-refractivity contribution is 5.78. The van der Waals surface area contributed by atoms with E-state index in [-0.39, 0.29) is 34.4 Å². The third-order valence-electron chi connectivity index (χ3n) is 7.79. The normalized spacial score (nSPS) is 23.7. The maximum Gasteiger partial charge on any atom is 0.123 e. The van der Waals surface area contributed by atoms with Crippen molar-refractivity contribution in [1.29, 1.82) is 0 Å². The highest BCUT2D eigenvalue weighted by atomic mass is 16.5. The molecule has 2 N–H and O–H groups in total. The largest absolute Gasteiger partial charge is 0.493 e. The predicted octanol–water partition coefficient (Wildman–Crippen LogP) is 6.66. The van der Waals surface area contributed by atoms with Crippen molar-refractivity contribution < 1.29 is 18.9 Å². The number of ether oxygens (including phenoxy) is 4. The lowest BCUT2D eigenvalue weighted by atomic mass is 9.81. The van der Waals surface area contributed by atoms with Crippen LogP contribution in [0.15, 0.2) is 24.3 Å². The van der Waals surface area contributed by atoms with Gasteiger partial charge in [-0.3, -0.25) is 0 Å². The molecule has 4 rings (SSSR count). The molecule has 2 fully saturated rings. The Morgan fingerprint density at radius 3 is 1.36 bits per heavy atom. The molecule has 220 valence electrons. The summed E-state index contributed by atoms with van der Waals surface area (Å²) in [6.07, 6.45) is 9.76. The summed E-state index contributed by atoms with van der Waals surface area (Å²) in [7, 11) is 0. The van der Waals surface area contributed by atoms with E-state index in [2.05, 4.69) is 84.2 Å². The van der Waals surface area contributed by atoms with E-state index in [1.807, 2.05) is 6.07 Å². The molecule has 2 heterocycles. The first-order valence-electron chi connectivity index (χ1n) is 15.1. The first kappa shape index (κ1) is 30.4. The van der Waals surface area contributed by atoms with Gasteiger partial charge in [0.05, 0.1) is 38.6 Å². The standard InChI is InChI=1S/C33H54N2O4/c1-30(2)20-28(21-31(3,4)34-30)38-15-9-13-36-26-17-25(24-11-12-24)18-27(19-26)37-14-10-16-39-29-22-32(5,6)35-33(7,8)23-29/h11,17-19,28-29,34-35H,9-10,12-16,20-23H2,1-8H3. The third-order valence-corrected chi connectivity index (χ3v) is 7.79. The van der Waals surface area contributed by atoms with Gasteiger partial charge in [0.1, 0.15) is 11.5 Å². The van der Waals surface area contributed by atoms with Gasteiger partial charge in [-0.05, 0) is 111 Å². The number of hydrogen-bond acceptors (Lipinski definition) is 6. The first-order valence-corrected chi connectivity index (χ1v) is 15.1. The van der Waals surface area contributed by atoms with Crippen molar-refractivity contribution in [1.82, 2.24) is 10.6 Å². The topological polar surface area (TPSA) is 61.0 Å². The second kappa shape index (κ2) is 12.1. The van der Waals surface area contributed by atoms with E-state index >= 15 is 0 Å². The van der Waals surface area contributed by atoms with Gasteiger partial charge in [-0.25, -0.2) is 0 Å². The lowest BCUT2D eigenvalue weighted by molar-refractivity contribution is -0.0250. The van der Waals surface area contributed by atoms with Crippen molar-refractivity contribution in [3.8, 4) is 11.5 Å². The Hall–Kier alpha value is -1.60. The Kier molecular flexibility index (Phi) is 9.42. The van der Waals surface area contributed by atoms with Gasteiger partial charge < -0.3 is 29.6 Å². The van der Waals surface area contributed by atoms with Crippen molar-refractivity contribution in [2.45, 2.75) is 135 Å². The summed E-state index contributed by atoms with van der Waals surface area (Å²) in [5, 5.41) is 7.44. The van der Waals surface area contributed by atoms with Crippen LogP contribution in [0.25, 0.3) is 5.57 Å². The van der Waals surface area contributed by atoms with Crippen molar-refractivity contribution in [3.05, 3.63) is 29.8 Å². The van der Waals surface area contributed by atoms with Gasteiger partial charge in [0.2, 0.25) is 0 Å². The fourth-order valence-electron chi connectivity index (χ4n) is 6.90. The minimum absolute atomic E-state index is 0.102. The van der Waals surface area contributed by atoms with Crippen molar-refractivity contribution in [3.63, 3.8) is 0 Å². The Labute approximate surface area is 237 Å². The molecule has 1 aromatic carbocycles. The molecule has 0 aromatic heterocycles. The van der Waals surface area contributed by atoms with E-state index in [9.17, 15) is 0 Å². The van der Waals surface area contributed by atoms with E-state index in [0.29, 0.717) is 13.2 Å². The average molecular weight is 543 g/mol. The lowest BCUT2D eigenvalue weighted by Crippen LogP contribution is -2.59. The fraction of sp³-hybridized carbons (Fsp3) is 0.758. The maximum atomic E-state index is 6.26. The summed E-state index contributed by atoms with van der Waals surface area (Å²) in [4.78, 5) is 0. The first-order chi connectivity index (χ1) is 18.2. The van der Waals surface area contributed by atoms with Crippen LogP contribution < -0.4 is 20.1 Å². The molecule has 0 bridgehead atoms. The fourth-order valence-corrected chi connectivity index (χ4v) is 6.90. The highest BCUT2D eigenvalue weighted by Gasteiger charge is 2.39. The van der Waals surface area contributed by atoms with Crippen molar-refractivity contribution >= 4 is 5.57 Å². The quantitative estimate of drug-likeness (QED) is 0.272. The summed E-state index contributed by atoms with van der Waals surface area (Å²) in [6.45, 7) is 20.8. The Morgan fingerprint density at radius 2 is 1.00 bits per heavy atom. The number of rotatable bonds is 13. The van der Waals surface area contributed by atoms with Gasteiger partial charge in [-0.15, -0.1) is 0 Å². The highest BCUT2D eigenvalue weighted by Crippen LogP contribution is 2.36. The molecule has 1 aromatic rings. The Balaban J connectivity index is 1.18. The maximum absolute atomic E-state index is 6.26. The molecule has 3 aliphatic rings. The molecule has 2 saturated heterocycles. The predicted molar refractivity (Wildman–Crippen MR) is 160 cm³/mol. The molecule has 0 unspecified atom stereocenters. The number of hydrogen-bond donors (Lipinski definition) is 2. The molecule has 0 spiro atoms. The SMILES string of the molecule is CC1(C)CC(OCCCOc2cc(OCCCOC3CC(C)(C)NC(C)(C)C3)cc(C3=CC3)c2)CC(C)(C)N1. The monoisotopic (exact) mass is 542 g/mol. The second-order valence-corrected chi connectivity index (χ2v) is 14.6. The molecule has 2 aliphatic heterocycles. The minimum atomic E-state index is 0.102. The van der Waals surface area contributed by atoms with Crippen LogP contribution in [0.2, 0.25) is 0 Å². The molecule has 0 atom stereocenters. The molecule has 6 nitrogen and oxygen atoms in total. The zero-order chi connectivity index (χ0) is 28.3. The molecule has 0 amide bonds. The summed E-state index contributed by atoms with van der Waals surface area (Å²) < 4.78 is 24.8. The van der Waals surface area contributed by atoms with Crippen molar-refractivity contribution in [2.24, 2.45) is 0 Å². The van der Waals surface area contributed by atoms with Gasteiger partial charge in [-0.1, -0.05) is 6.08 Å².